The molecule has 8 heteroatoms. The molecule has 1 aliphatic rings. The fourth-order valence-corrected chi connectivity index (χ4v) is 3.52. The first-order valence-electron chi connectivity index (χ1n) is 8.88. The van der Waals surface area contributed by atoms with E-state index in [4.69, 9.17) is 11.6 Å². The van der Waals surface area contributed by atoms with Crippen molar-refractivity contribution in [3.8, 4) is 0 Å². The highest BCUT2D eigenvalue weighted by Crippen LogP contribution is 2.24. The molecule has 0 spiro atoms. The minimum Gasteiger partial charge on any atom is -0.475 e. The van der Waals surface area contributed by atoms with Crippen molar-refractivity contribution in [2.75, 3.05) is 13.1 Å². The van der Waals surface area contributed by atoms with Crippen LogP contribution in [0, 0.1) is 0 Å². The molecule has 0 saturated carbocycles. The summed E-state index contributed by atoms with van der Waals surface area (Å²) >= 11 is 5.91. The smallest absolute Gasteiger partial charge is 0.372 e. The fraction of sp³-hybridized carbons (Fsp3) is 0.250. The minimum atomic E-state index is -1.15. The van der Waals surface area contributed by atoms with Crippen LogP contribution >= 0.6 is 11.6 Å². The fourth-order valence-electron chi connectivity index (χ4n) is 3.39. The number of carboxylic acid groups (broad SMARTS) is 1. The first-order valence-corrected chi connectivity index (χ1v) is 9.26. The van der Waals surface area contributed by atoms with Crippen LogP contribution in [0.25, 0.3) is 11.0 Å². The molecule has 144 valence electrons. The Morgan fingerprint density at radius 1 is 1.14 bits per heavy atom. The van der Waals surface area contributed by atoms with Crippen molar-refractivity contribution in [2.45, 2.75) is 19.1 Å². The Morgan fingerprint density at radius 2 is 1.86 bits per heavy atom. The van der Waals surface area contributed by atoms with Gasteiger partial charge in [0.1, 0.15) is 5.52 Å². The Bertz CT molecular complexity index is 1060. The van der Waals surface area contributed by atoms with Gasteiger partial charge in [0.25, 0.3) is 5.91 Å². The van der Waals surface area contributed by atoms with Crippen molar-refractivity contribution >= 4 is 34.5 Å². The zero-order chi connectivity index (χ0) is 19.8. The number of carboxylic acids is 1. The number of fused-ring (bicyclic) bond motifs is 1. The van der Waals surface area contributed by atoms with E-state index in [0.29, 0.717) is 34.6 Å². The normalized spacial score (nSPS) is 14.3. The van der Waals surface area contributed by atoms with Gasteiger partial charge in [-0.1, -0.05) is 29.8 Å². The van der Waals surface area contributed by atoms with Gasteiger partial charge in [0, 0.05) is 24.7 Å². The second-order valence-corrected chi connectivity index (χ2v) is 7.24. The van der Waals surface area contributed by atoms with E-state index in [1.807, 2.05) is 12.1 Å². The molecule has 2 heterocycles. The van der Waals surface area contributed by atoms with Crippen LogP contribution in [0.3, 0.4) is 0 Å². The first-order chi connectivity index (χ1) is 13.4. The number of para-hydroxylation sites is 1. The van der Waals surface area contributed by atoms with Gasteiger partial charge in [0.2, 0.25) is 5.82 Å². The lowest BCUT2D eigenvalue weighted by Gasteiger charge is -2.35. The molecule has 28 heavy (non-hydrogen) atoms. The number of imidazole rings is 1. The van der Waals surface area contributed by atoms with Gasteiger partial charge in [0.15, 0.2) is 0 Å². The number of aliphatic hydroxyl groups excluding tert-OH is 1. The maximum absolute atomic E-state index is 12.7. The van der Waals surface area contributed by atoms with Crippen molar-refractivity contribution in [1.29, 1.82) is 0 Å². The molecule has 0 radical (unpaired) electrons. The molecule has 1 aliphatic heterocycles. The Labute approximate surface area is 165 Å². The van der Waals surface area contributed by atoms with E-state index < -0.39 is 12.1 Å². The van der Waals surface area contributed by atoms with Crippen LogP contribution in [0.15, 0.2) is 42.5 Å². The van der Waals surface area contributed by atoms with Crippen LogP contribution in [-0.4, -0.2) is 55.7 Å². The van der Waals surface area contributed by atoms with Gasteiger partial charge in [-0.05, 0) is 36.2 Å². The molecule has 0 bridgehead atoms. The lowest BCUT2D eigenvalue weighted by Crippen LogP contribution is -2.53. The number of aromatic carboxylic acids is 1. The van der Waals surface area contributed by atoms with Gasteiger partial charge in [0.05, 0.1) is 17.2 Å². The van der Waals surface area contributed by atoms with Crippen LogP contribution in [0.5, 0.6) is 0 Å². The molecule has 1 saturated heterocycles. The summed E-state index contributed by atoms with van der Waals surface area (Å²) < 4.78 is 1.62. The second kappa shape index (κ2) is 7.26. The number of aryl methyl sites for hydroxylation is 2. The molecule has 1 amide bonds. The number of likely N-dealkylation sites (tertiary alicyclic amines) is 1. The number of aliphatic hydroxyl groups is 1. The number of hydrogen-bond acceptors (Lipinski definition) is 4. The molecule has 1 aromatic heterocycles. The third-order valence-corrected chi connectivity index (χ3v) is 5.14. The molecule has 4 rings (SSSR count). The molecule has 1 fully saturated rings. The number of benzene rings is 2. The number of hydrogen-bond donors (Lipinski definition) is 2. The predicted molar refractivity (Wildman–Crippen MR) is 104 cm³/mol. The average molecular weight is 400 g/mol. The van der Waals surface area contributed by atoms with Crippen molar-refractivity contribution in [2.24, 2.45) is 0 Å². The summed E-state index contributed by atoms with van der Waals surface area (Å²) in [5.41, 5.74) is 2.32. The van der Waals surface area contributed by atoms with E-state index in [1.54, 1.807) is 34.9 Å². The topological polar surface area (TPSA) is 95.7 Å². The number of halogens is 1. The summed E-state index contributed by atoms with van der Waals surface area (Å²) in [6.07, 6.45) is 0.0917. The summed E-state index contributed by atoms with van der Waals surface area (Å²) in [7, 11) is 0. The van der Waals surface area contributed by atoms with Crippen molar-refractivity contribution in [3.05, 3.63) is 64.4 Å². The van der Waals surface area contributed by atoms with E-state index in [0.717, 1.165) is 5.56 Å². The number of rotatable bonds is 5. The second-order valence-electron chi connectivity index (χ2n) is 6.81. The molecular weight excluding hydrogens is 382 g/mol. The SMILES string of the molecule is O=C(O)c1nc2c(C(=O)N3CC(O)C3)cccc2n1CCc1ccc(Cl)cc1. The highest BCUT2D eigenvalue weighted by atomic mass is 35.5. The van der Waals surface area contributed by atoms with Crippen LogP contribution in [0.2, 0.25) is 5.02 Å². The molecule has 0 unspecified atom stereocenters. The third kappa shape index (κ3) is 3.34. The highest BCUT2D eigenvalue weighted by Gasteiger charge is 2.31. The predicted octanol–water partition coefficient (Wildman–Crippen LogP) is 2.45. The maximum Gasteiger partial charge on any atom is 0.372 e. The Hall–Kier alpha value is -2.90. The number of carbonyl (C=O) groups is 2. The summed E-state index contributed by atoms with van der Waals surface area (Å²) in [5, 5.41) is 19.7. The van der Waals surface area contributed by atoms with E-state index in [-0.39, 0.29) is 24.8 Å². The quantitative estimate of drug-likeness (QED) is 0.687. The molecular formula is C20H18ClN3O4. The summed E-state index contributed by atoms with van der Waals surface area (Å²) in [6, 6.07) is 12.5. The molecule has 7 nitrogen and oxygen atoms in total. The number of β-amino-alcohol motifs (C(OH)–C–C–N with tert-alkyl or cyclic N) is 1. The zero-order valence-electron chi connectivity index (χ0n) is 14.9. The van der Waals surface area contributed by atoms with Gasteiger partial charge < -0.3 is 19.7 Å². The van der Waals surface area contributed by atoms with Gasteiger partial charge >= 0.3 is 5.97 Å². The van der Waals surface area contributed by atoms with Gasteiger partial charge in [-0.2, -0.15) is 0 Å². The van der Waals surface area contributed by atoms with Gasteiger partial charge in [-0.15, -0.1) is 0 Å². The number of nitrogens with zero attached hydrogens (tertiary/aromatic N) is 3. The molecule has 0 aliphatic carbocycles. The third-order valence-electron chi connectivity index (χ3n) is 4.89. The summed E-state index contributed by atoms with van der Waals surface area (Å²) in [5.74, 6) is -1.51. The van der Waals surface area contributed by atoms with Gasteiger partial charge in [-0.25, -0.2) is 9.78 Å². The Morgan fingerprint density at radius 3 is 2.50 bits per heavy atom. The lowest BCUT2D eigenvalue weighted by molar-refractivity contribution is 0.00601. The van der Waals surface area contributed by atoms with E-state index in [2.05, 4.69) is 4.98 Å². The van der Waals surface area contributed by atoms with Gasteiger partial charge in [-0.3, -0.25) is 4.79 Å². The van der Waals surface area contributed by atoms with Crippen molar-refractivity contribution in [1.82, 2.24) is 14.5 Å². The van der Waals surface area contributed by atoms with Crippen LogP contribution in [0.4, 0.5) is 0 Å². The molecule has 2 N–H and O–H groups in total. The average Bonchev–Trinajstić information content (AvgIpc) is 3.03. The first kappa shape index (κ1) is 18.5. The molecule has 3 aromatic rings. The number of aromatic nitrogens is 2. The Kier molecular flexibility index (Phi) is 4.78. The number of amides is 1. The maximum atomic E-state index is 12.7. The zero-order valence-corrected chi connectivity index (χ0v) is 15.6. The van der Waals surface area contributed by atoms with Crippen LogP contribution in [0.1, 0.15) is 26.5 Å². The van der Waals surface area contributed by atoms with Crippen molar-refractivity contribution in [3.63, 3.8) is 0 Å². The largest absolute Gasteiger partial charge is 0.475 e. The highest BCUT2D eigenvalue weighted by molar-refractivity contribution is 6.30. The summed E-state index contributed by atoms with van der Waals surface area (Å²) in [4.78, 5) is 30.2. The molecule has 0 atom stereocenters. The van der Waals surface area contributed by atoms with Crippen LogP contribution in [-0.2, 0) is 13.0 Å². The lowest BCUT2D eigenvalue weighted by atomic mass is 10.1. The van der Waals surface area contributed by atoms with E-state index in [9.17, 15) is 19.8 Å². The van der Waals surface area contributed by atoms with Crippen molar-refractivity contribution < 1.29 is 19.8 Å². The molecule has 2 aromatic carbocycles. The van der Waals surface area contributed by atoms with Crippen LogP contribution < -0.4 is 0 Å². The Balaban J connectivity index is 1.70. The number of carbonyl (C=O) groups excluding carboxylic acids is 1. The standard InChI is InChI=1S/C20H18ClN3O4/c21-13-6-4-12(5-7-13)8-9-24-16-3-1-2-15(17(16)22-18(24)20(27)28)19(26)23-10-14(25)11-23/h1-7,14,25H,8-11H2,(H,27,28). The monoisotopic (exact) mass is 399 g/mol. The van der Waals surface area contributed by atoms with E-state index in [1.165, 1.54) is 4.90 Å². The van der Waals surface area contributed by atoms with E-state index >= 15 is 0 Å². The summed E-state index contributed by atoms with van der Waals surface area (Å²) in [6.45, 7) is 0.955. The minimum absolute atomic E-state index is 0.104.